The first-order valence-corrected chi connectivity index (χ1v) is 6.92. The number of hydrogen-bond acceptors (Lipinski definition) is 3. The zero-order chi connectivity index (χ0) is 12.9. The lowest BCUT2D eigenvalue weighted by molar-refractivity contribution is -0.109. The van der Waals surface area contributed by atoms with Crippen molar-refractivity contribution in [3.8, 4) is 0 Å². The van der Waals surface area contributed by atoms with Crippen LogP contribution in [0.4, 0.5) is 0 Å². The molecular weight excluding hydrogens is 214 g/mol. The third-order valence-corrected chi connectivity index (χ3v) is 4.85. The van der Waals surface area contributed by atoms with Crippen LogP contribution in [0.2, 0.25) is 0 Å². The second kappa shape index (κ2) is 6.17. The summed E-state index contributed by atoms with van der Waals surface area (Å²) in [6.45, 7) is 5.36. The van der Waals surface area contributed by atoms with Gasteiger partial charge in [0.15, 0.2) is 0 Å². The van der Waals surface area contributed by atoms with Gasteiger partial charge in [-0.1, -0.05) is 26.2 Å². The van der Waals surface area contributed by atoms with E-state index in [1.54, 1.807) is 7.11 Å². The molecule has 0 radical (unpaired) electrons. The zero-order valence-electron chi connectivity index (χ0n) is 11.7. The molecule has 1 aliphatic carbocycles. The van der Waals surface area contributed by atoms with Gasteiger partial charge in [-0.15, -0.1) is 0 Å². The Kier molecular flexibility index (Phi) is 5.42. The largest absolute Gasteiger partial charge is 0.389 e. The second-order valence-electron chi connectivity index (χ2n) is 5.87. The Morgan fingerprint density at radius 3 is 2.76 bits per heavy atom. The molecule has 3 unspecified atom stereocenters. The number of aliphatic hydroxyl groups is 1. The summed E-state index contributed by atoms with van der Waals surface area (Å²) in [7, 11) is 1.68. The van der Waals surface area contributed by atoms with Crippen LogP contribution in [0.25, 0.3) is 0 Å². The molecule has 1 aliphatic rings. The van der Waals surface area contributed by atoms with E-state index < -0.39 is 5.60 Å². The van der Waals surface area contributed by atoms with Crippen molar-refractivity contribution in [3.05, 3.63) is 0 Å². The predicted molar refractivity (Wildman–Crippen MR) is 70.9 cm³/mol. The average Bonchev–Trinajstić information content (AvgIpc) is 2.36. The molecule has 0 aromatic heterocycles. The quantitative estimate of drug-likeness (QED) is 0.752. The molecule has 0 spiro atoms. The summed E-state index contributed by atoms with van der Waals surface area (Å²) in [4.78, 5) is 0. The molecule has 17 heavy (non-hydrogen) atoms. The lowest BCUT2D eigenvalue weighted by Gasteiger charge is -2.49. The number of rotatable bonds is 6. The molecule has 0 saturated heterocycles. The van der Waals surface area contributed by atoms with Crippen molar-refractivity contribution in [2.24, 2.45) is 17.1 Å². The van der Waals surface area contributed by atoms with Crippen molar-refractivity contribution < 1.29 is 9.84 Å². The number of hydrogen-bond donors (Lipinski definition) is 2. The summed E-state index contributed by atoms with van der Waals surface area (Å²) in [6.07, 6.45) is 6.48. The summed E-state index contributed by atoms with van der Waals surface area (Å²) >= 11 is 0. The minimum atomic E-state index is -0.703. The summed E-state index contributed by atoms with van der Waals surface area (Å²) in [5, 5.41) is 10.8. The van der Waals surface area contributed by atoms with Crippen molar-refractivity contribution in [3.63, 3.8) is 0 Å². The maximum absolute atomic E-state index is 10.8. The van der Waals surface area contributed by atoms with Gasteiger partial charge in [-0.2, -0.15) is 0 Å². The summed E-state index contributed by atoms with van der Waals surface area (Å²) in [5.74, 6) is 0.723. The molecule has 3 N–H and O–H groups in total. The van der Waals surface area contributed by atoms with Crippen molar-refractivity contribution in [2.75, 3.05) is 20.3 Å². The first kappa shape index (κ1) is 14.9. The van der Waals surface area contributed by atoms with Gasteiger partial charge < -0.3 is 15.6 Å². The van der Waals surface area contributed by atoms with Crippen LogP contribution < -0.4 is 5.73 Å². The Morgan fingerprint density at radius 1 is 1.53 bits per heavy atom. The van der Waals surface area contributed by atoms with Gasteiger partial charge in [-0.05, 0) is 32.1 Å². The first-order valence-electron chi connectivity index (χ1n) is 6.92. The highest BCUT2D eigenvalue weighted by atomic mass is 16.5. The summed E-state index contributed by atoms with van der Waals surface area (Å²) in [5.41, 5.74) is 5.20. The predicted octanol–water partition coefficient (Wildman–Crippen LogP) is 2.32. The molecule has 0 aliphatic heterocycles. The van der Waals surface area contributed by atoms with Gasteiger partial charge in [0.25, 0.3) is 0 Å². The third kappa shape index (κ3) is 3.21. The van der Waals surface area contributed by atoms with Crippen LogP contribution in [0.1, 0.15) is 52.4 Å². The highest BCUT2D eigenvalue weighted by Gasteiger charge is 2.47. The molecule has 0 aromatic carbocycles. The van der Waals surface area contributed by atoms with Crippen LogP contribution in [-0.4, -0.2) is 31.0 Å². The number of methoxy groups -OCH3 is 1. The Bertz CT molecular complexity index is 230. The van der Waals surface area contributed by atoms with E-state index in [4.69, 9.17) is 10.5 Å². The second-order valence-corrected chi connectivity index (χ2v) is 5.87. The molecule has 0 aromatic rings. The lowest BCUT2D eigenvalue weighted by Crippen LogP contribution is -2.53. The average molecular weight is 243 g/mol. The maximum Gasteiger partial charge on any atom is 0.0709 e. The fraction of sp³-hybridized carbons (Fsp3) is 1.00. The molecule has 3 atom stereocenters. The molecular formula is C14H29NO2. The Hall–Kier alpha value is -0.120. The molecule has 0 heterocycles. The van der Waals surface area contributed by atoms with Crippen LogP contribution in [0.15, 0.2) is 0 Å². The Morgan fingerprint density at radius 2 is 2.24 bits per heavy atom. The summed E-state index contributed by atoms with van der Waals surface area (Å²) < 4.78 is 5.11. The van der Waals surface area contributed by atoms with Crippen molar-refractivity contribution in [1.29, 1.82) is 0 Å². The molecule has 1 fully saturated rings. The highest BCUT2D eigenvalue weighted by Crippen LogP contribution is 2.48. The van der Waals surface area contributed by atoms with Crippen molar-refractivity contribution >= 4 is 0 Å². The van der Waals surface area contributed by atoms with Gasteiger partial charge in [-0.25, -0.2) is 0 Å². The van der Waals surface area contributed by atoms with Crippen molar-refractivity contribution in [1.82, 2.24) is 0 Å². The Labute approximate surface area is 106 Å². The van der Waals surface area contributed by atoms with E-state index in [0.29, 0.717) is 19.6 Å². The van der Waals surface area contributed by atoms with Crippen LogP contribution >= 0.6 is 0 Å². The van der Waals surface area contributed by atoms with E-state index in [0.717, 1.165) is 18.8 Å². The molecule has 0 bridgehead atoms. The van der Waals surface area contributed by atoms with Gasteiger partial charge in [-0.3, -0.25) is 0 Å². The van der Waals surface area contributed by atoms with Gasteiger partial charge in [0.05, 0.1) is 5.60 Å². The first-order chi connectivity index (χ1) is 8.01. The smallest absolute Gasteiger partial charge is 0.0709 e. The maximum atomic E-state index is 10.8. The monoisotopic (exact) mass is 243 g/mol. The SMILES string of the molecule is CCC1CCCC(CN)(C(C)(O)CCOC)C1. The normalized spacial score (nSPS) is 33.4. The molecule has 3 nitrogen and oxygen atoms in total. The van der Waals surface area contributed by atoms with Gasteiger partial charge in [0.1, 0.15) is 0 Å². The number of ether oxygens (including phenoxy) is 1. The van der Waals surface area contributed by atoms with E-state index in [-0.39, 0.29) is 5.41 Å². The van der Waals surface area contributed by atoms with Crippen LogP contribution in [0.3, 0.4) is 0 Å². The van der Waals surface area contributed by atoms with Crippen LogP contribution in [-0.2, 0) is 4.74 Å². The van der Waals surface area contributed by atoms with E-state index in [9.17, 15) is 5.11 Å². The van der Waals surface area contributed by atoms with E-state index in [1.165, 1.54) is 19.3 Å². The van der Waals surface area contributed by atoms with Gasteiger partial charge in [0, 0.05) is 25.7 Å². The third-order valence-electron chi connectivity index (χ3n) is 4.85. The van der Waals surface area contributed by atoms with E-state index >= 15 is 0 Å². The zero-order valence-corrected chi connectivity index (χ0v) is 11.7. The molecule has 1 rings (SSSR count). The van der Waals surface area contributed by atoms with Crippen LogP contribution in [0.5, 0.6) is 0 Å². The fourth-order valence-electron chi connectivity index (χ4n) is 3.29. The standard InChI is InChI=1S/C14H29NO2/c1-4-12-6-5-7-14(10-12,11-15)13(2,16)8-9-17-3/h12,16H,4-11,15H2,1-3H3. The van der Waals surface area contributed by atoms with Crippen molar-refractivity contribution in [2.45, 2.75) is 58.0 Å². The molecule has 3 heteroatoms. The Balaban J connectivity index is 2.78. The fourth-order valence-corrected chi connectivity index (χ4v) is 3.29. The van der Waals surface area contributed by atoms with E-state index in [1.807, 2.05) is 6.92 Å². The highest BCUT2D eigenvalue weighted by molar-refractivity contribution is 5.00. The molecule has 102 valence electrons. The topological polar surface area (TPSA) is 55.5 Å². The van der Waals surface area contributed by atoms with Gasteiger partial charge >= 0.3 is 0 Å². The summed E-state index contributed by atoms with van der Waals surface area (Å²) in [6, 6.07) is 0. The van der Waals surface area contributed by atoms with Gasteiger partial charge in [0.2, 0.25) is 0 Å². The molecule has 0 amide bonds. The minimum Gasteiger partial charge on any atom is -0.389 e. The number of nitrogens with two attached hydrogens (primary N) is 1. The minimum absolute atomic E-state index is 0.107. The lowest BCUT2D eigenvalue weighted by atomic mass is 9.60. The van der Waals surface area contributed by atoms with E-state index in [2.05, 4.69) is 6.92 Å². The van der Waals surface area contributed by atoms with Crippen LogP contribution in [0, 0.1) is 11.3 Å². The molecule has 1 saturated carbocycles.